The minimum Gasteiger partial charge on any atom is -0.490 e. The van der Waals surface area contributed by atoms with Crippen LogP contribution in [0.15, 0.2) is 30.6 Å². The summed E-state index contributed by atoms with van der Waals surface area (Å²) in [7, 11) is 1.27. The van der Waals surface area contributed by atoms with Gasteiger partial charge < -0.3 is 52.9 Å². The van der Waals surface area contributed by atoms with Crippen molar-refractivity contribution in [3.8, 4) is 23.0 Å². The first-order valence-corrected chi connectivity index (χ1v) is 10.5. The minimum atomic E-state index is -1.73. The van der Waals surface area contributed by atoms with Gasteiger partial charge in [0.05, 0.1) is 24.5 Å². The van der Waals surface area contributed by atoms with Crippen molar-refractivity contribution in [1.82, 2.24) is 0 Å². The summed E-state index contributed by atoms with van der Waals surface area (Å²) in [5.41, 5.74) is -1.73. The fourth-order valence-electron chi connectivity index (χ4n) is 4.51. The smallest absolute Gasteiger partial charge is 0.344 e. The van der Waals surface area contributed by atoms with Crippen LogP contribution in [0.2, 0.25) is 0 Å². The highest BCUT2D eigenvalue weighted by Crippen LogP contribution is 2.47. The van der Waals surface area contributed by atoms with Crippen molar-refractivity contribution in [2.45, 2.75) is 30.7 Å². The Kier molecular flexibility index (Phi) is 4.81. The van der Waals surface area contributed by atoms with Crippen molar-refractivity contribution in [3.05, 3.63) is 33.0 Å². The number of rotatable bonds is 4. The molecule has 0 amide bonds. The Balaban J connectivity index is 1.59. The molecule has 0 radical (unpaired) electrons. The number of fused-ring (bicyclic) bond motifs is 2. The van der Waals surface area contributed by atoms with Crippen molar-refractivity contribution in [2.24, 2.45) is 0 Å². The van der Waals surface area contributed by atoms with Gasteiger partial charge in [-0.05, 0) is 12.1 Å². The van der Waals surface area contributed by atoms with Crippen LogP contribution in [0.3, 0.4) is 0 Å². The molecule has 0 aliphatic carbocycles. The quantitative estimate of drug-likeness (QED) is 0.210. The van der Waals surface area contributed by atoms with Crippen LogP contribution in [0, 0.1) is 0 Å². The molecular formula is C22H18O13. The molecule has 184 valence electrons. The van der Waals surface area contributed by atoms with Gasteiger partial charge in [0, 0.05) is 10.8 Å². The number of aliphatic hydroxyl groups excluding tert-OH is 4. The number of methoxy groups -OCH3 is 1. The maximum Gasteiger partial charge on any atom is 0.344 e. The maximum atomic E-state index is 13.0. The molecule has 13 nitrogen and oxygen atoms in total. The van der Waals surface area contributed by atoms with Crippen LogP contribution in [0.5, 0.6) is 23.0 Å². The lowest BCUT2D eigenvalue weighted by Gasteiger charge is -2.39. The highest BCUT2D eigenvalue weighted by molar-refractivity contribution is 6.22. The van der Waals surface area contributed by atoms with Crippen molar-refractivity contribution in [2.75, 3.05) is 20.5 Å². The molecular weight excluding hydrogens is 472 g/mol. The lowest BCUT2D eigenvalue weighted by molar-refractivity contribution is -0.277. The van der Waals surface area contributed by atoms with Gasteiger partial charge in [-0.2, -0.15) is 0 Å². The molecule has 2 aliphatic heterocycles. The van der Waals surface area contributed by atoms with Crippen LogP contribution in [0.1, 0.15) is 0 Å². The van der Waals surface area contributed by atoms with Crippen molar-refractivity contribution in [1.29, 1.82) is 0 Å². The molecule has 35 heavy (non-hydrogen) atoms. The second kappa shape index (κ2) is 7.69. The lowest BCUT2D eigenvalue weighted by atomic mass is 9.99. The van der Waals surface area contributed by atoms with E-state index in [-0.39, 0.29) is 62.5 Å². The van der Waals surface area contributed by atoms with Crippen LogP contribution in [-0.4, -0.2) is 71.6 Å². The van der Waals surface area contributed by atoms with Gasteiger partial charge in [0.1, 0.15) is 24.4 Å². The monoisotopic (exact) mass is 490 g/mol. The third kappa shape index (κ3) is 3.00. The largest absolute Gasteiger partial charge is 0.490 e. The predicted molar refractivity (Wildman–Crippen MR) is 114 cm³/mol. The third-order valence-electron chi connectivity index (χ3n) is 6.20. The summed E-state index contributed by atoms with van der Waals surface area (Å²) in [6.45, 7) is -0.788. The van der Waals surface area contributed by atoms with Crippen molar-refractivity contribution in [3.63, 3.8) is 0 Å². The molecule has 2 aliphatic rings. The summed E-state index contributed by atoms with van der Waals surface area (Å²) >= 11 is 0. The molecule has 4 heterocycles. The van der Waals surface area contributed by atoms with E-state index < -0.39 is 48.6 Å². The maximum absolute atomic E-state index is 13.0. The third-order valence-corrected chi connectivity index (χ3v) is 6.20. The van der Waals surface area contributed by atoms with Gasteiger partial charge in [0.15, 0.2) is 22.7 Å². The number of hydrogen-bond donors (Lipinski definition) is 4. The van der Waals surface area contributed by atoms with Crippen LogP contribution in [-0.2, 0) is 4.74 Å². The Morgan fingerprint density at radius 2 is 1.63 bits per heavy atom. The SMILES string of the molecule is COc1c(O[C@H]2O[C@@H](CO)[C@H](O)[C@@H](O)[C@@H]2O)cc2c(=O)oc3c4c(cc5c(=O)oc1c2c35)OCO4. The Morgan fingerprint density at radius 1 is 0.943 bits per heavy atom. The summed E-state index contributed by atoms with van der Waals surface area (Å²) < 4.78 is 38.3. The van der Waals surface area contributed by atoms with E-state index in [0.717, 1.165) is 0 Å². The molecule has 0 bridgehead atoms. The zero-order chi connectivity index (χ0) is 24.6. The number of ether oxygens (including phenoxy) is 5. The van der Waals surface area contributed by atoms with E-state index in [1.54, 1.807) is 0 Å². The zero-order valence-electron chi connectivity index (χ0n) is 17.9. The number of benzene rings is 2. The Hall–Kier alpha value is -3.62. The molecule has 4 N–H and O–H groups in total. The van der Waals surface area contributed by atoms with E-state index in [2.05, 4.69) is 0 Å². The van der Waals surface area contributed by atoms with Crippen LogP contribution in [0.4, 0.5) is 0 Å². The summed E-state index contributed by atoms with van der Waals surface area (Å²) in [5.74, 6) is 0.0925. The molecule has 4 aromatic rings. The first kappa shape index (κ1) is 21.9. The van der Waals surface area contributed by atoms with E-state index in [9.17, 15) is 30.0 Å². The minimum absolute atomic E-state index is 0.00931. The van der Waals surface area contributed by atoms with E-state index in [0.29, 0.717) is 0 Å². The molecule has 13 heteroatoms. The van der Waals surface area contributed by atoms with Gasteiger partial charge in [0.2, 0.25) is 24.6 Å². The Bertz CT molecular complexity index is 1570. The fraction of sp³-hybridized carbons (Fsp3) is 0.364. The summed E-state index contributed by atoms with van der Waals surface area (Å²) in [4.78, 5) is 25.9. The van der Waals surface area contributed by atoms with Crippen molar-refractivity contribution >= 4 is 32.7 Å². The topological polar surface area (TPSA) is 187 Å². The van der Waals surface area contributed by atoms with E-state index in [1.165, 1.54) is 19.2 Å². The molecule has 5 atom stereocenters. The average Bonchev–Trinajstić information content (AvgIpc) is 3.32. The standard InChI is InChI=1S/C22H18O13/c1-29-16-9(32-22-15(26)14(25)13(24)10(4-23)33-22)3-7-11-12-6(20(27)34-18(11)16)2-8-17(31-5-30-8)19(12)35-21(7)28/h2-3,10,13-15,22-26H,4-5H2,1H3/t10-,13-,14+,15-,22-/m0/s1. The average molecular weight is 490 g/mol. The van der Waals surface area contributed by atoms with Crippen LogP contribution >= 0.6 is 0 Å². The van der Waals surface area contributed by atoms with Crippen LogP contribution < -0.4 is 30.2 Å². The Labute approximate surface area is 193 Å². The normalized spacial score (nSPS) is 26.1. The van der Waals surface area contributed by atoms with Gasteiger partial charge in [0.25, 0.3) is 0 Å². The first-order chi connectivity index (χ1) is 16.8. The van der Waals surface area contributed by atoms with E-state index >= 15 is 0 Å². The second-order valence-corrected chi connectivity index (χ2v) is 8.12. The summed E-state index contributed by atoms with van der Waals surface area (Å²) in [5, 5.41) is 40.4. The summed E-state index contributed by atoms with van der Waals surface area (Å²) in [6.07, 6.45) is -7.84. The molecule has 0 spiro atoms. The van der Waals surface area contributed by atoms with E-state index in [4.69, 9.17) is 32.5 Å². The van der Waals surface area contributed by atoms with Gasteiger partial charge in [-0.1, -0.05) is 0 Å². The van der Waals surface area contributed by atoms with Crippen LogP contribution in [0.25, 0.3) is 32.7 Å². The van der Waals surface area contributed by atoms with Gasteiger partial charge in [-0.15, -0.1) is 0 Å². The molecule has 2 aromatic carbocycles. The number of aliphatic hydroxyl groups is 4. The van der Waals surface area contributed by atoms with E-state index in [1.807, 2.05) is 0 Å². The highest BCUT2D eigenvalue weighted by atomic mass is 16.7. The van der Waals surface area contributed by atoms with Gasteiger partial charge >= 0.3 is 11.3 Å². The number of hydrogen-bond acceptors (Lipinski definition) is 13. The fourth-order valence-corrected chi connectivity index (χ4v) is 4.51. The molecule has 2 aromatic heterocycles. The molecule has 0 saturated carbocycles. The second-order valence-electron chi connectivity index (χ2n) is 8.12. The highest BCUT2D eigenvalue weighted by Gasteiger charge is 2.45. The van der Waals surface area contributed by atoms with Gasteiger partial charge in [-0.3, -0.25) is 0 Å². The molecule has 1 saturated heterocycles. The molecule has 1 fully saturated rings. The predicted octanol–water partition coefficient (Wildman–Crippen LogP) is -0.594. The lowest BCUT2D eigenvalue weighted by Crippen LogP contribution is -2.60. The first-order valence-electron chi connectivity index (χ1n) is 10.5. The van der Waals surface area contributed by atoms with Gasteiger partial charge in [-0.25, -0.2) is 9.59 Å². The zero-order valence-corrected chi connectivity index (χ0v) is 17.9. The molecule has 6 rings (SSSR count). The Morgan fingerprint density at radius 3 is 2.34 bits per heavy atom. The molecule has 0 unspecified atom stereocenters. The van der Waals surface area contributed by atoms with Crippen molar-refractivity contribution < 1.29 is 52.9 Å². The summed E-state index contributed by atoms with van der Waals surface area (Å²) in [6, 6.07) is 2.68.